The summed E-state index contributed by atoms with van der Waals surface area (Å²) in [5, 5.41) is 0.985. The Bertz CT molecular complexity index is 1520. The van der Waals surface area contributed by atoms with Crippen LogP contribution in [0.3, 0.4) is 0 Å². The van der Waals surface area contributed by atoms with Gasteiger partial charge in [-0.15, -0.1) is 0 Å². The second-order valence-electron chi connectivity index (χ2n) is 8.61. The Morgan fingerprint density at radius 3 is 2.51 bits per heavy atom. The lowest BCUT2D eigenvalue weighted by molar-refractivity contribution is -0.144. The first-order valence-corrected chi connectivity index (χ1v) is 12.8. The van der Waals surface area contributed by atoms with Crippen molar-refractivity contribution >= 4 is 34.6 Å². The van der Waals surface area contributed by atoms with Gasteiger partial charge in [0.05, 0.1) is 24.1 Å². The van der Waals surface area contributed by atoms with Crippen molar-refractivity contribution in [2.45, 2.75) is 26.9 Å². The molecule has 0 unspecified atom stereocenters. The maximum atomic E-state index is 12.8. The maximum absolute atomic E-state index is 12.8. The molecule has 0 N–H and O–H groups in total. The lowest BCUT2D eigenvalue weighted by Gasteiger charge is -2.21. The van der Waals surface area contributed by atoms with Gasteiger partial charge in [-0.05, 0) is 61.9 Å². The fourth-order valence-corrected chi connectivity index (χ4v) is 4.13. The minimum atomic E-state index is -0.713. The number of aryl methyl sites for hydroxylation is 1. The van der Waals surface area contributed by atoms with E-state index in [2.05, 4.69) is 4.98 Å². The molecule has 0 aliphatic carbocycles. The number of fused-ring (bicyclic) bond motifs is 1. The first-order chi connectivity index (χ1) is 18.8. The standard InChI is InChI=1S/C29H28ClN3O6/c1-3-37-27(34)19-32(29(36)39-24-8-6-7-22(30)17-24)18-21-11-13-23(14-12-21)38-16-15-33-20(2)31-26-10-5-4-9-25(26)28(33)35/h4-14,17H,3,15-16,18-19H2,1-2H3. The summed E-state index contributed by atoms with van der Waals surface area (Å²) in [7, 11) is 0. The van der Waals surface area contributed by atoms with Crippen LogP contribution in [0, 0.1) is 6.92 Å². The van der Waals surface area contributed by atoms with E-state index in [1.807, 2.05) is 18.2 Å². The van der Waals surface area contributed by atoms with Gasteiger partial charge >= 0.3 is 12.1 Å². The highest BCUT2D eigenvalue weighted by atomic mass is 35.5. The number of carbonyl (C=O) groups is 2. The Balaban J connectivity index is 1.39. The van der Waals surface area contributed by atoms with E-state index in [0.29, 0.717) is 34.0 Å². The second-order valence-corrected chi connectivity index (χ2v) is 9.05. The Morgan fingerprint density at radius 1 is 1.00 bits per heavy atom. The molecular formula is C29H28ClN3O6. The van der Waals surface area contributed by atoms with Crippen LogP contribution in [0.4, 0.5) is 4.79 Å². The molecule has 0 atom stereocenters. The van der Waals surface area contributed by atoms with Crippen molar-refractivity contribution in [2.24, 2.45) is 0 Å². The zero-order valence-electron chi connectivity index (χ0n) is 21.6. The van der Waals surface area contributed by atoms with E-state index in [0.717, 1.165) is 5.56 Å². The van der Waals surface area contributed by atoms with Crippen LogP contribution < -0.4 is 15.0 Å². The predicted molar refractivity (Wildman–Crippen MR) is 147 cm³/mol. The van der Waals surface area contributed by atoms with Gasteiger partial charge in [-0.1, -0.05) is 41.9 Å². The molecule has 0 aliphatic heterocycles. The molecule has 10 heteroatoms. The average Bonchev–Trinajstić information content (AvgIpc) is 2.91. The number of esters is 1. The molecule has 0 fully saturated rings. The summed E-state index contributed by atoms with van der Waals surface area (Å²) in [5.41, 5.74) is 1.31. The van der Waals surface area contributed by atoms with Gasteiger partial charge in [0.1, 0.15) is 30.5 Å². The topological polar surface area (TPSA) is 100.0 Å². The van der Waals surface area contributed by atoms with Crippen LogP contribution in [0.2, 0.25) is 5.02 Å². The molecule has 9 nitrogen and oxygen atoms in total. The molecule has 1 aromatic heterocycles. The van der Waals surface area contributed by atoms with Gasteiger partial charge < -0.3 is 14.2 Å². The van der Waals surface area contributed by atoms with Crippen LogP contribution in [0.25, 0.3) is 10.9 Å². The Hall–Kier alpha value is -4.37. The third kappa shape index (κ3) is 7.36. The molecule has 0 saturated carbocycles. The first kappa shape index (κ1) is 27.7. The van der Waals surface area contributed by atoms with Crippen LogP contribution >= 0.6 is 11.6 Å². The van der Waals surface area contributed by atoms with Gasteiger partial charge in [0.2, 0.25) is 0 Å². The van der Waals surface area contributed by atoms with E-state index in [1.165, 1.54) is 11.0 Å². The predicted octanol–water partition coefficient (Wildman–Crippen LogP) is 5.00. The quantitative estimate of drug-likeness (QED) is 0.257. The highest BCUT2D eigenvalue weighted by Gasteiger charge is 2.21. The van der Waals surface area contributed by atoms with E-state index in [1.54, 1.807) is 66.9 Å². The van der Waals surface area contributed by atoms with E-state index >= 15 is 0 Å². The highest BCUT2D eigenvalue weighted by Crippen LogP contribution is 2.19. The second kappa shape index (κ2) is 12.9. The first-order valence-electron chi connectivity index (χ1n) is 12.4. The van der Waals surface area contributed by atoms with Crippen LogP contribution in [0.1, 0.15) is 18.3 Å². The van der Waals surface area contributed by atoms with Gasteiger partial charge in [-0.25, -0.2) is 9.78 Å². The maximum Gasteiger partial charge on any atom is 0.416 e. The molecule has 4 rings (SSSR count). The van der Waals surface area contributed by atoms with E-state index in [9.17, 15) is 14.4 Å². The third-order valence-corrected chi connectivity index (χ3v) is 6.05. The van der Waals surface area contributed by atoms with Crippen molar-refractivity contribution in [3.05, 3.63) is 99.6 Å². The molecule has 0 aliphatic rings. The lowest BCUT2D eigenvalue weighted by atomic mass is 10.2. The van der Waals surface area contributed by atoms with Crippen molar-refractivity contribution in [1.29, 1.82) is 0 Å². The number of hydrogen-bond donors (Lipinski definition) is 0. The number of rotatable bonds is 10. The van der Waals surface area contributed by atoms with Crippen molar-refractivity contribution in [3.8, 4) is 11.5 Å². The zero-order valence-corrected chi connectivity index (χ0v) is 22.4. The van der Waals surface area contributed by atoms with E-state index in [-0.39, 0.29) is 37.6 Å². The van der Waals surface area contributed by atoms with E-state index < -0.39 is 12.1 Å². The molecule has 4 aromatic rings. The summed E-state index contributed by atoms with van der Waals surface area (Å²) < 4.78 is 17.9. The average molecular weight is 550 g/mol. The van der Waals surface area contributed by atoms with Gasteiger partial charge in [0.15, 0.2) is 0 Å². The molecule has 1 heterocycles. The Kier molecular flexibility index (Phi) is 9.17. The molecule has 0 spiro atoms. The van der Waals surface area contributed by atoms with E-state index in [4.69, 9.17) is 25.8 Å². The molecule has 3 aromatic carbocycles. The number of benzene rings is 3. The number of nitrogens with zero attached hydrogens (tertiary/aromatic N) is 3. The monoisotopic (exact) mass is 549 g/mol. The van der Waals surface area contributed by atoms with Crippen molar-refractivity contribution < 1.29 is 23.8 Å². The summed E-state index contributed by atoms with van der Waals surface area (Å²) in [6, 6.07) is 20.8. The van der Waals surface area contributed by atoms with Gasteiger partial charge in [0.25, 0.3) is 5.56 Å². The molecule has 0 radical (unpaired) electrons. The molecule has 1 amide bonds. The highest BCUT2D eigenvalue weighted by molar-refractivity contribution is 6.30. The molecule has 0 bridgehead atoms. The summed E-state index contributed by atoms with van der Waals surface area (Å²) in [6.45, 7) is 4.12. The largest absolute Gasteiger partial charge is 0.492 e. The normalized spacial score (nSPS) is 10.7. The van der Waals surface area contributed by atoms with Gasteiger partial charge in [0, 0.05) is 11.6 Å². The number of para-hydroxylation sites is 1. The summed E-state index contributed by atoms with van der Waals surface area (Å²) in [4.78, 5) is 43.5. The van der Waals surface area contributed by atoms with Crippen LogP contribution in [-0.4, -0.2) is 46.3 Å². The molecule has 0 saturated heterocycles. The fourth-order valence-electron chi connectivity index (χ4n) is 3.95. The van der Waals surface area contributed by atoms with Crippen LogP contribution in [0.5, 0.6) is 11.5 Å². The number of halogens is 1. The van der Waals surface area contributed by atoms with Crippen molar-refractivity contribution in [3.63, 3.8) is 0 Å². The van der Waals surface area contributed by atoms with Crippen LogP contribution in [0.15, 0.2) is 77.6 Å². The number of ether oxygens (including phenoxy) is 3. The summed E-state index contributed by atoms with van der Waals surface area (Å²) >= 11 is 5.98. The van der Waals surface area contributed by atoms with Gasteiger partial charge in [-0.3, -0.25) is 19.1 Å². The van der Waals surface area contributed by atoms with Gasteiger partial charge in [-0.2, -0.15) is 0 Å². The summed E-state index contributed by atoms with van der Waals surface area (Å²) in [5.74, 6) is 0.927. The minimum Gasteiger partial charge on any atom is -0.492 e. The number of aromatic nitrogens is 2. The smallest absolute Gasteiger partial charge is 0.416 e. The van der Waals surface area contributed by atoms with Crippen LogP contribution in [-0.2, 0) is 22.6 Å². The number of amides is 1. The van der Waals surface area contributed by atoms with Crippen molar-refractivity contribution in [2.75, 3.05) is 19.8 Å². The van der Waals surface area contributed by atoms with Crippen molar-refractivity contribution in [1.82, 2.24) is 14.5 Å². The minimum absolute atomic E-state index is 0.107. The summed E-state index contributed by atoms with van der Waals surface area (Å²) in [6.07, 6.45) is -0.713. The number of carbonyl (C=O) groups excluding carboxylic acids is 2. The Morgan fingerprint density at radius 2 is 1.77 bits per heavy atom. The Labute approximate surface area is 230 Å². The fraction of sp³-hybridized carbons (Fsp3) is 0.241. The third-order valence-electron chi connectivity index (χ3n) is 5.82. The molecule has 202 valence electrons. The zero-order chi connectivity index (χ0) is 27.8. The molecular weight excluding hydrogens is 522 g/mol. The lowest BCUT2D eigenvalue weighted by Crippen LogP contribution is -2.38. The SMILES string of the molecule is CCOC(=O)CN(Cc1ccc(OCCn2c(C)nc3ccccc3c2=O)cc1)C(=O)Oc1cccc(Cl)c1. The number of hydrogen-bond acceptors (Lipinski definition) is 7. The molecule has 39 heavy (non-hydrogen) atoms.